The summed E-state index contributed by atoms with van der Waals surface area (Å²) in [6.45, 7) is 3.88. The van der Waals surface area contributed by atoms with E-state index in [0.29, 0.717) is 28.9 Å². The van der Waals surface area contributed by atoms with Crippen LogP contribution in [0, 0.1) is 0 Å². The van der Waals surface area contributed by atoms with E-state index >= 15 is 0 Å². The van der Waals surface area contributed by atoms with E-state index in [1.54, 1.807) is 48.5 Å². The Bertz CT molecular complexity index is 792. The van der Waals surface area contributed by atoms with Crippen LogP contribution in [0.5, 0.6) is 0 Å². The normalized spacial score (nSPS) is 13.0. The summed E-state index contributed by atoms with van der Waals surface area (Å²) in [5.74, 6) is -1.05. The average Bonchev–Trinajstić information content (AvgIpc) is 2.84. The van der Waals surface area contributed by atoms with Crippen molar-refractivity contribution in [1.82, 2.24) is 5.32 Å². The van der Waals surface area contributed by atoms with Gasteiger partial charge in [-0.2, -0.15) is 0 Å². The van der Waals surface area contributed by atoms with Crippen molar-refractivity contribution in [1.29, 1.82) is 0 Å². The molecule has 5 nitrogen and oxygen atoms in total. The smallest absolute Gasteiger partial charge is 0.266 e. The number of rotatable bonds is 4. The van der Waals surface area contributed by atoms with Crippen LogP contribution in [-0.2, 0) is 0 Å². The number of amides is 3. The summed E-state index contributed by atoms with van der Waals surface area (Å²) in [4.78, 5) is 38.0. The molecule has 0 saturated heterocycles. The van der Waals surface area contributed by atoms with Gasteiger partial charge in [-0.25, -0.2) is 4.90 Å². The highest BCUT2D eigenvalue weighted by Gasteiger charge is 2.36. The molecule has 3 rings (SSSR count). The summed E-state index contributed by atoms with van der Waals surface area (Å²) in [7, 11) is 0. The highest BCUT2D eigenvalue weighted by atomic mass is 16.2. The summed E-state index contributed by atoms with van der Waals surface area (Å²) in [6.07, 6.45) is 1.58. The first kappa shape index (κ1) is 14.7. The first-order valence-corrected chi connectivity index (χ1v) is 7.10. The zero-order chi connectivity index (χ0) is 16.4. The third-order valence-electron chi connectivity index (χ3n) is 3.57. The third kappa shape index (κ3) is 2.53. The SMILES string of the molecule is C=CCNC(=O)c1cccc(N2C(=O)c3ccccc3C2=O)c1. The van der Waals surface area contributed by atoms with Crippen LogP contribution in [0.25, 0.3) is 0 Å². The number of carbonyl (C=O) groups excluding carboxylic acids is 3. The number of nitrogens with zero attached hydrogens (tertiary/aromatic N) is 1. The molecule has 0 atom stereocenters. The van der Waals surface area contributed by atoms with Gasteiger partial charge >= 0.3 is 0 Å². The molecule has 0 radical (unpaired) electrons. The molecule has 5 heteroatoms. The van der Waals surface area contributed by atoms with Crippen LogP contribution >= 0.6 is 0 Å². The summed E-state index contributed by atoms with van der Waals surface area (Å²) in [5.41, 5.74) is 1.50. The summed E-state index contributed by atoms with van der Waals surface area (Å²) < 4.78 is 0. The lowest BCUT2D eigenvalue weighted by Crippen LogP contribution is -2.30. The van der Waals surface area contributed by atoms with Gasteiger partial charge in [0.1, 0.15) is 0 Å². The van der Waals surface area contributed by atoms with Crippen molar-refractivity contribution in [3.8, 4) is 0 Å². The van der Waals surface area contributed by atoms with E-state index in [2.05, 4.69) is 11.9 Å². The number of carbonyl (C=O) groups is 3. The first-order valence-electron chi connectivity index (χ1n) is 7.10. The van der Waals surface area contributed by atoms with Gasteiger partial charge in [-0.05, 0) is 30.3 Å². The van der Waals surface area contributed by atoms with Crippen molar-refractivity contribution >= 4 is 23.4 Å². The van der Waals surface area contributed by atoms with E-state index in [0.717, 1.165) is 4.90 Å². The third-order valence-corrected chi connectivity index (χ3v) is 3.57. The number of hydrogen-bond acceptors (Lipinski definition) is 3. The van der Waals surface area contributed by atoms with Crippen LogP contribution in [0.15, 0.2) is 61.2 Å². The second-order valence-corrected chi connectivity index (χ2v) is 5.04. The predicted molar refractivity (Wildman–Crippen MR) is 86.6 cm³/mol. The maximum atomic E-state index is 12.5. The molecule has 114 valence electrons. The van der Waals surface area contributed by atoms with E-state index in [9.17, 15) is 14.4 Å². The van der Waals surface area contributed by atoms with Crippen LogP contribution in [0.4, 0.5) is 5.69 Å². The van der Waals surface area contributed by atoms with Gasteiger partial charge < -0.3 is 5.32 Å². The Kier molecular flexibility index (Phi) is 3.76. The minimum atomic E-state index is -0.380. The molecule has 23 heavy (non-hydrogen) atoms. The second-order valence-electron chi connectivity index (χ2n) is 5.04. The van der Waals surface area contributed by atoms with Gasteiger partial charge in [-0.3, -0.25) is 14.4 Å². The van der Waals surface area contributed by atoms with Crippen molar-refractivity contribution in [3.63, 3.8) is 0 Å². The number of fused-ring (bicyclic) bond motifs is 1. The largest absolute Gasteiger partial charge is 0.349 e. The molecule has 1 aliphatic heterocycles. The first-order chi connectivity index (χ1) is 11.1. The predicted octanol–water partition coefficient (Wildman–Crippen LogP) is 2.40. The molecule has 1 heterocycles. The minimum Gasteiger partial charge on any atom is -0.349 e. The number of hydrogen-bond donors (Lipinski definition) is 1. The molecular weight excluding hydrogens is 292 g/mol. The van der Waals surface area contributed by atoms with Crippen molar-refractivity contribution in [3.05, 3.63) is 77.9 Å². The lowest BCUT2D eigenvalue weighted by atomic mass is 10.1. The monoisotopic (exact) mass is 306 g/mol. The van der Waals surface area contributed by atoms with E-state index in [4.69, 9.17) is 0 Å². The lowest BCUT2D eigenvalue weighted by Gasteiger charge is -2.14. The Labute approximate surface area is 133 Å². The van der Waals surface area contributed by atoms with Gasteiger partial charge in [0.05, 0.1) is 16.8 Å². The van der Waals surface area contributed by atoms with Crippen LogP contribution in [0.3, 0.4) is 0 Å². The molecule has 0 bridgehead atoms. The van der Waals surface area contributed by atoms with Gasteiger partial charge in [0.25, 0.3) is 17.7 Å². The zero-order valence-corrected chi connectivity index (χ0v) is 12.3. The maximum Gasteiger partial charge on any atom is 0.266 e. The quantitative estimate of drug-likeness (QED) is 0.697. The van der Waals surface area contributed by atoms with Crippen LogP contribution in [0.2, 0.25) is 0 Å². The van der Waals surface area contributed by atoms with Gasteiger partial charge in [-0.1, -0.05) is 24.3 Å². The van der Waals surface area contributed by atoms with Crippen LogP contribution < -0.4 is 10.2 Å². The van der Waals surface area contributed by atoms with Crippen molar-refractivity contribution in [2.75, 3.05) is 11.4 Å². The Morgan fingerprint density at radius 3 is 2.30 bits per heavy atom. The number of imide groups is 1. The summed E-state index contributed by atoms with van der Waals surface area (Å²) >= 11 is 0. The Morgan fingerprint density at radius 1 is 1.04 bits per heavy atom. The Balaban J connectivity index is 1.95. The van der Waals surface area contributed by atoms with Gasteiger partial charge in [0.2, 0.25) is 0 Å². The molecule has 0 aliphatic carbocycles. The zero-order valence-electron chi connectivity index (χ0n) is 12.3. The molecule has 1 aliphatic rings. The Hall–Kier alpha value is -3.21. The molecule has 0 unspecified atom stereocenters. The van der Waals surface area contributed by atoms with Crippen molar-refractivity contribution < 1.29 is 14.4 Å². The summed E-state index contributed by atoms with van der Waals surface area (Å²) in [5, 5.41) is 2.66. The number of anilines is 1. The minimum absolute atomic E-state index is 0.289. The van der Waals surface area contributed by atoms with Crippen molar-refractivity contribution in [2.45, 2.75) is 0 Å². The molecule has 1 N–H and O–H groups in total. The van der Waals surface area contributed by atoms with Crippen LogP contribution in [0.1, 0.15) is 31.1 Å². The number of nitrogens with one attached hydrogen (secondary N) is 1. The van der Waals surface area contributed by atoms with Crippen molar-refractivity contribution in [2.24, 2.45) is 0 Å². The molecule has 0 fully saturated rings. The molecular formula is C18H14N2O3. The average molecular weight is 306 g/mol. The van der Waals surface area contributed by atoms with E-state index in [1.807, 2.05) is 0 Å². The summed E-state index contributed by atoms with van der Waals surface area (Å²) in [6, 6.07) is 13.1. The maximum absolute atomic E-state index is 12.5. The van der Waals surface area contributed by atoms with Gasteiger partial charge in [-0.15, -0.1) is 6.58 Å². The van der Waals surface area contributed by atoms with E-state index < -0.39 is 0 Å². The fourth-order valence-electron chi connectivity index (χ4n) is 2.48. The molecule has 3 amide bonds. The molecule has 0 aromatic heterocycles. The highest BCUT2D eigenvalue weighted by Crippen LogP contribution is 2.28. The molecule has 0 saturated carbocycles. The fourth-order valence-corrected chi connectivity index (χ4v) is 2.48. The second kappa shape index (κ2) is 5.88. The fraction of sp³-hybridized carbons (Fsp3) is 0.0556. The van der Waals surface area contributed by atoms with Gasteiger partial charge in [0.15, 0.2) is 0 Å². The standard InChI is InChI=1S/C18H14N2O3/c1-2-10-19-16(21)12-6-5-7-13(11-12)20-17(22)14-8-3-4-9-15(14)18(20)23/h2-9,11H,1,10H2,(H,19,21). The highest BCUT2D eigenvalue weighted by molar-refractivity contribution is 6.34. The van der Waals surface area contributed by atoms with E-state index in [1.165, 1.54) is 6.07 Å². The lowest BCUT2D eigenvalue weighted by molar-refractivity contribution is 0.0920. The Morgan fingerprint density at radius 2 is 1.70 bits per heavy atom. The molecule has 2 aromatic carbocycles. The number of benzene rings is 2. The molecule has 2 aromatic rings. The van der Waals surface area contributed by atoms with E-state index in [-0.39, 0.29) is 17.7 Å². The van der Waals surface area contributed by atoms with Crippen LogP contribution in [-0.4, -0.2) is 24.3 Å². The topological polar surface area (TPSA) is 66.5 Å². The molecule has 0 spiro atoms. The van der Waals surface area contributed by atoms with Gasteiger partial charge in [0, 0.05) is 12.1 Å².